The van der Waals surface area contributed by atoms with Crippen LogP contribution in [0.25, 0.3) is 0 Å². The second-order valence-corrected chi connectivity index (χ2v) is 5.92. The van der Waals surface area contributed by atoms with Gasteiger partial charge in [-0.15, -0.1) is 0 Å². The van der Waals surface area contributed by atoms with Crippen LogP contribution >= 0.6 is 0 Å². The fraction of sp³-hybridized carbons (Fsp3) is 0.714. The third-order valence-corrected chi connectivity index (χ3v) is 2.92. The molecule has 1 aliphatic rings. The zero-order valence-corrected chi connectivity index (χ0v) is 12.1. The molecule has 0 spiro atoms. The smallest absolute Gasteiger partial charge is 0.410 e. The Hall–Kier alpha value is -1.52. The number of nitrogens with zero attached hydrogens (tertiary/aromatic N) is 1. The van der Waals surface area contributed by atoms with Crippen LogP contribution in [-0.2, 0) is 9.53 Å². The van der Waals surface area contributed by atoms with Crippen molar-refractivity contribution < 1.29 is 19.4 Å². The molecule has 0 atom stereocenters. The molecule has 0 aromatic carbocycles. The zero-order valence-electron chi connectivity index (χ0n) is 12.1. The van der Waals surface area contributed by atoms with Gasteiger partial charge in [0.25, 0.3) is 0 Å². The van der Waals surface area contributed by atoms with Crippen LogP contribution < -0.4 is 0 Å². The predicted octanol–water partition coefficient (Wildman–Crippen LogP) is 2.66. The highest BCUT2D eigenvalue weighted by molar-refractivity contribution is 5.87. The standard InChI is InChI=1S/C14H23NO4/c1-10(16)9-12(17)11-5-7-15(8-6-11)13(18)19-14(2,3)4/h9,11,17H,5-8H2,1-4H3. The maximum Gasteiger partial charge on any atom is 0.410 e. The summed E-state index contributed by atoms with van der Waals surface area (Å²) in [5.74, 6) is -0.0778. The normalized spacial score (nSPS) is 18.3. The van der Waals surface area contributed by atoms with Crippen LogP contribution in [0.4, 0.5) is 4.79 Å². The van der Waals surface area contributed by atoms with Gasteiger partial charge in [-0.05, 0) is 40.5 Å². The summed E-state index contributed by atoms with van der Waals surface area (Å²) in [6.07, 6.45) is 2.23. The van der Waals surface area contributed by atoms with Crippen LogP contribution in [0, 0.1) is 5.92 Å². The average molecular weight is 269 g/mol. The first-order valence-electron chi connectivity index (χ1n) is 6.58. The molecule has 1 heterocycles. The SMILES string of the molecule is CC(=O)C=C(O)C1CCN(C(=O)OC(C)(C)C)CC1. The summed E-state index contributed by atoms with van der Waals surface area (Å²) in [5.41, 5.74) is -0.495. The zero-order chi connectivity index (χ0) is 14.6. The predicted molar refractivity (Wildman–Crippen MR) is 71.9 cm³/mol. The molecular formula is C14H23NO4. The molecule has 0 aromatic heterocycles. The maximum absolute atomic E-state index is 11.8. The highest BCUT2D eigenvalue weighted by atomic mass is 16.6. The number of aliphatic hydroxyl groups excluding tert-OH is 1. The summed E-state index contributed by atoms with van der Waals surface area (Å²) in [4.78, 5) is 24.4. The fourth-order valence-corrected chi connectivity index (χ4v) is 2.01. The van der Waals surface area contributed by atoms with Gasteiger partial charge in [-0.1, -0.05) is 0 Å². The van der Waals surface area contributed by atoms with Crippen molar-refractivity contribution in [3.63, 3.8) is 0 Å². The molecule has 0 aromatic rings. The summed E-state index contributed by atoms with van der Waals surface area (Å²) in [7, 11) is 0. The number of carbonyl (C=O) groups excluding carboxylic acids is 2. The second-order valence-electron chi connectivity index (χ2n) is 5.92. The van der Waals surface area contributed by atoms with E-state index >= 15 is 0 Å². The molecule has 0 unspecified atom stereocenters. The van der Waals surface area contributed by atoms with E-state index in [1.165, 1.54) is 13.0 Å². The van der Waals surface area contributed by atoms with Gasteiger partial charge in [0.2, 0.25) is 0 Å². The molecule has 1 aliphatic heterocycles. The van der Waals surface area contributed by atoms with Crippen molar-refractivity contribution >= 4 is 11.9 Å². The number of allylic oxidation sites excluding steroid dienone is 2. The Kier molecular flexibility index (Phi) is 4.97. The van der Waals surface area contributed by atoms with E-state index in [1.54, 1.807) is 4.90 Å². The van der Waals surface area contributed by atoms with Gasteiger partial charge in [-0.3, -0.25) is 4.79 Å². The lowest BCUT2D eigenvalue weighted by Gasteiger charge is -2.33. The molecule has 1 saturated heterocycles. The van der Waals surface area contributed by atoms with Crippen molar-refractivity contribution in [2.45, 2.75) is 46.1 Å². The number of ether oxygens (including phenoxy) is 1. The molecule has 1 rings (SSSR count). The first-order chi connectivity index (χ1) is 8.69. The van der Waals surface area contributed by atoms with Crippen molar-refractivity contribution in [1.82, 2.24) is 4.90 Å². The molecule has 19 heavy (non-hydrogen) atoms. The number of likely N-dealkylation sites (tertiary alicyclic amines) is 1. The Balaban J connectivity index is 2.49. The van der Waals surface area contributed by atoms with E-state index in [-0.39, 0.29) is 23.6 Å². The topological polar surface area (TPSA) is 66.8 Å². The summed E-state index contributed by atoms with van der Waals surface area (Å²) in [5, 5.41) is 9.76. The second kappa shape index (κ2) is 6.08. The fourth-order valence-electron chi connectivity index (χ4n) is 2.01. The molecule has 5 nitrogen and oxygen atoms in total. The average Bonchev–Trinajstić information content (AvgIpc) is 2.26. The van der Waals surface area contributed by atoms with E-state index < -0.39 is 5.60 Å². The lowest BCUT2D eigenvalue weighted by atomic mass is 9.94. The molecule has 0 saturated carbocycles. The Morgan fingerprint density at radius 2 is 1.79 bits per heavy atom. The van der Waals surface area contributed by atoms with E-state index in [2.05, 4.69) is 0 Å². The molecule has 0 bridgehead atoms. The third-order valence-electron chi connectivity index (χ3n) is 2.92. The van der Waals surface area contributed by atoms with Crippen LogP contribution in [0.1, 0.15) is 40.5 Å². The van der Waals surface area contributed by atoms with Gasteiger partial charge in [0.05, 0.1) is 5.76 Å². The molecule has 0 radical (unpaired) electrons. The summed E-state index contributed by atoms with van der Waals surface area (Å²) < 4.78 is 5.29. The summed E-state index contributed by atoms with van der Waals surface area (Å²) in [6.45, 7) is 7.98. The largest absolute Gasteiger partial charge is 0.512 e. The number of rotatable bonds is 2. The minimum atomic E-state index is -0.495. The molecule has 1 amide bonds. The van der Waals surface area contributed by atoms with Crippen molar-refractivity contribution in [2.75, 3.05) is 13.1 Å². The number of amides is 1. The number of ketones is 1. The highest BCUT2D eigenvalue weighted by Crippen LogP contribution is 2.24. The third kappa shape index (κ3) is 5.32. The quantitative estimate of drug-likeness (QED) is 0.618. The molecule has 108 valence electrons. The van der Waals surface area contributed by atoms with Crippen molar-refractivity contribution in [3.05, 3.63) is 11.8 Å². The maximum atomic E-state index is 11.8. The lowest BCUT2D eigenvalue weighted by Crippen LogP contribution is -2.42. The van der Waals surface area contributed by atoms with Gasteiger partial charge < -0.3 is 14.7 Å². The van der Waals surface area contributed by atoms with Crippen LogP contribution in [-0.4, -0.2) is 40.6 Å². The van der Waals surface area contributed by atoms with E-state index in [4.69, 9.17) is 4.74 Å². The number of carbonyl (C=O) groups is 2. The molecule has 5 heteroatoms. The summed E-state index contributed by atoms with van der Waals surface area (Å²) >= 11 is 0. The van der Waals surface area contributed by atoms with Gasteiger partial charge in [-0.2, -0.15) is 0 Å². The molecule has 1 N–H and O–H groups in total. The number of piperidine rings is 1. The number of hydrogen-bond donors (Lipinski definition) is 1. The monoisotopic (exact) mass is 269 g/mol. The van der Waals surface area contributed by atoms with Gasteiger partial charge in [0.1, 0.15) is 5.60 Å². The minimum Gasteiger partial charge on any atom is -0.512 e. The van der Waals surface area contributed by atoms with E-state index in [1.807, 2.05) is 20.8 Å². The summed E-state index contributed by atoms with van der Waals surface area (Å²) in [6, 6.07) is 0. The van der Waals surface area contributed by atoms with E-state index in [9.17, 15) is 14.7 Å². The Morgan fingerprint density at radius 3 is 2.21 bits per heavy atom. The molecular weight excluding hydrogens is 246 g/mol. The molecule has 0 aliphatic carbocycles. The molecule has 1 fully saturated rings. The van der Waals surface area contributed by atoms with Gasteiger partial charge >= 0.3 is 6.09 Å². The highest BCUT2D eigenvalue weighted by Gasteiger charge is 2.28. The first-order valence-corrected chi connectivity index (χ1v) is 6.58. The van der Waals surface area contributed by atoms with E-state index in [0.29, 0.717) is 25.9 Å². The van der Waals surface area contributed by atoms with Crippen LogP contribution in [0.5, 0.6) is 0 Å². The van der Waals surface area contributed by atoms with Gasteiger partial charge in [-0.25, -0.2) is 4.79 Å². The Morgan fingerprint density at radius 1 is 1.26 bits per heavy atom. The Labute approximate surface area is 114 Å². The first kappa shape index (κ1) is 15.5. The minimum absolute atomic E-state index is 0.0393. The number of hydrogen-bond acceptors (Lipinski definition) is 4. The van der Waals surface area contributed by atoms with Crippen LogP contribution in [0.2, 0.25) is 0 Å². The van der Waals surface area contributed by atoms with Gasteiger partial charge in [0, 0.05) is 25.1 Å². The van der Waals surface area contributed by atoms with Crippen molar-refractivity contribution in [1.29, 1.82) is 0 Å². The van der Waals surface area contributed by atoms with Gasteiger partial charge in [0.15, 0.2) is 5.78 Å². The Bertz CT molecular complexity index is 373. The number of aliphatic hydroxyl groups is 1. The van der Waals surface area contributed by atoms with Crippen LogP contribution in [0.3, 0.4) is 0 Å². The van der Waals surface area contributed by atoms with Crippen molar-refractivity contribution in [2.24, 2.45) is 5.92 Å². The van der Waals surface area contributed by atoms with E-state index in [0.717, 1.165) is 0 Å². The van der Waals surface area contributed by atoms with Crippen LogP contribution in [0.15, 0.2) is 11.8 Å². The lowest BCUT2D eigenvalue weighted by molar-refractivity contribution is -0.112. The van der Waals surface area contributed by atoms with Crippen molar-refractivity contribution in [3.8, 4) is 0 Å².